The molecule has 152 valence electrons. The summed E-state index contributed by atoms with van der Waals surface area (Å²) in [6, 6.07) is 15.9. The Balaban J connectivity index is 1.42. The second-order valence-electron chi connectivity index (χ2n) is 7.12. The molecular formula is C21H24ClN5OS. The van der Waals surface area contributed by atoms with Crippen molar-refractivity contribution in [2.75, 3.05) is 38.2 Å². The van der Waals surface area contributed by atoms with Gasteiger partial charge >= 0.3 is 0 Å². The van der Waals surface area contributed by atoms with Crippen LogP contribution in [0.15, 0.2) is 48.5 Å². The van der Waals surface area contributed by atoms with Gasteiger partial charge in [0.1, 0.15) is 5.75 Å². The van der Waals surface area contributed by atoms with Crippen LogP contribution in [0.5, 0.6) is 5.75 Å². The average Bonchev–Trinajstić information content (AvgIpc) is 3.03. The SMILES string of the molecule is COc1ccc(N2CCN(Cn3nc(-c4ccc(Cl)cc4)n(C)c3=S)CC2)cc1. The molecule has 0 amide bonds. The number of ether oxygens (including phenoxy) is 1. The fourth-order valence-electron chi connectivity index (χ4n) is 3.56. The number of methoxy groups -OCH3 is 1. The number of halogens is 1. The van der Waals surface area contributed by atoms with Crippen molar-refractivity contribution in [3.63, 3.8) is 0 Å². The Morgan fingerprint density at radius 1 is 1.00 bits per heavy atom. The van der Waals surface area contributed by atoms with Crippen molar-refractivity contribution >= 4 is 29.5 Å². The molecule has 2 aromatic carbocycles. The van der Waals surface area contributed by atoms with Crippen molar-refractivity contribution in [1.82, 2.24) is 19.2 Å². The predicted molar refractivity (Wildman–Crippen MR) is 119 cm³/mol. The summed E-state index contributed by atoms with van der Waals surface area (Å²) in [5.41, 5.74) is 2.23. The second-order valence-corrected chi connectivity index (χ2v) is 7.92. The van der Waals surface area contributed by atoms with Crippen LogP contribution < -0.4 is 9.64 Å². The number of rotatable bonds is 5. The highest BCUT2D eigenvalue weighted by atomic mass is 35.5. The average molecular weight is 430 g/mol. The number of benzene rings is 2. The number of anilines is 1. The van der Waals surface area contributed by atoms with Gasteiger partial charge in [-0.2, -0.15) is 5.10 Å². The monoisotopic (exact) mass is 429 g/mol. The summed E-state index contributed by atoms with van der Waals surface area (Å²) in [7, 11) is 3.65. The van der Waals surface area contributed by atoms with Gasteiger partial charge in [-0.25, -0.2) is 4.68 Å². The first-order valence-corrected chi connectivity index (χ1v) is 10.3. The first-order chi connectivity index (χ1) is 14.0. The lowest BCUT2D eigenvalue weighted by Gasteiger charge is -2.35. The molecule has 0 saturated carbocycles. The Labute approximate surface area is 180 Å². The Morgan fingerprint density at radius 3 is 2.28 bits per heavy atom. The molecule has 6 nitrogen and oxygen atoms in total. The molecule has 1 fully saturated rings. The van der Waals surface area contributed by atoms with Crippen LogP contribution in [-0.2, 0) is 13.7 Å². The highest BCUT2D eigenvalue weighted by molar-refractivity contribution is 7.71. The molecule has 0 unspecified atom stereocenters. The van der Waals surface area contributed by atoms with Crippen LogP contribution in [0.2, 0.25) is 5.02 Å². The zero-order valence-corrected chi connectivity index (χ0v) is 18.2. The van der Waals surface area contributed by atoms with Gasteiger partial charge in [0.15, 0.2) is 10.6 Å². The molecule has 1 saturated heterocycles. The molecule has 1 aliphatic heterocycles. The predicted octanol–water partition coefficient (Wildman–Crippen LogP) is 4.06. The van der Waals surface area contributed by atoms with Crippen LogP contribution in [-0.4, -0.2) is 52.5 Å². The number of hydrogen-bond donors (Lipinski definition) is 0. The molecule has 0 N–H and O–H groups in total. The first-order valence-electron chi connectivity index (χ1n) is 9.56. The van der Waals surface area contributed by atoms with Gasteiger partial charge in [0.05, 0.1) is 13.8 Å². The van der Waals surface area contributed by atoms with Crippen molar-refractivity contribution in [3.05, 3.63) is 58.3 Å². The third kappa shape index (κ3) is 4.32. The first kappa shape index (κ1) is 19.9. The minimum absolute atomic E-state index is 0.691. The lowest BCUT2D eigenvalue weighted by atomic mass is 10.2. The molecule has 0 radical (unpaired) electrons. The van der Waals surface area contributed by atoms with Gasteiger partial charge in [0.2, 0.25) is 0 Å². The van der Waals surface area contributed by atoms with Crippen LogP contribution in [0.4, 0.5) is 5.69 Å². The second kappa shape index (κ2) is 8.57. The molecule has 0 atom stereocenters. The number of piperazine rings is 1. The topological polar surface area (TPSA) is 38.5 Å². The molecule has 0 aliphatic carbocycles. The van der Waals surface area contributed by atoms with Crippen molar-refractivity contribution in [1.29, 1.82) is 0 Å². The summed E-state index contributed by atoms with van der Waals surface area (Å²) in [5.74, 6) is 1.73. The van der Waals surface area contributed by atoms with Crippen LogP contribution in [0.25, 0.3) is 11.4 Å². The van der Waals surface area contributed by atoms with Gasteiger partial charge in [-0.15, -0.1) is 0 Å². The van der Waals surface area contributed by atoms with Crippen LogP contribution in [0.1, 0.15) is 0 Å². The molecule has 0 bridgehead atoms. The van der Waals surface area contributed by atoms with Crippen molar-refractivity contribution in [2.45, 2.75) is 6.67 Å². The van der Waals surface area contributed by atoms with Gasteiger partial charge < -0.3 is 14.2 Å². The summed E-state index contributed by atoms with van der Waals surface area (Å²) in [4.78, 5) is 4.78. The van der Waals surface area contributed by atoms with E-state index in [1.165, 1.54) is 5.69 Å². The van der Waals surface area contributed by atoms with Gasteiger partial charge in [-0.3, -0.25) is 4.90 Å². The smallest absolute Gasteiger partial charge is 0.199 e. The summed E-state index contributed by atoms with van der Waals surface area (Å²) in [5, 5.41) is 5.48. The van der Waals surface area contributed by atoms with Crippen molar-refractivity contribution < 1.29 is 4.74 Å². The molecule has 1 aromatic heterocycles. The Kier molecular flexibility index (Phi) is 5.89. The normalized spacial score (nSPS) is 14.9. The van der Waals surface area contributed by atoms with Crippen LogP contribution in [0.3, 0.4) is 0 Å². The fraction of sp³-hybridized carbons (Fsp3) is 0.333. The molecule has 0 spiro atoms. The summed E-state index contributed by atoms with van der Waals surface area (Å²) < 4.78 is 9.82. The summed E-state index contributed by atoms with van der Waals surface area (Å²) in [6.07, 6.45) is 0. The lowest BCUT2D eigenvalue weighted by Crippen LogP contribution is -2.47. The molecule has 29 heavy (non-hydrogen) atoms. The Morgan fingerprint density at radius 2 is 1.66 bits per heavy atom. The number of aromatic nitrogens is 3. The quantitative estimate of drug-likeness (QED) is 0.572. The van der Waals surface area contributed by atoms with Gasteiger partial charge in [-0.1, -0.05) is 11.6 Å². The Bertz CT molecular complexity index is 1020. The maximum atomic E-state index is 6.01. The van der Waals surface area contributed by atoms with E-state index in [2.05, 4.69) is 21.9 Å². The largest absolute Gasteiger partial charge is 0.497 e. The third-order valence-electron chi connectivity index (χ3n) is 5.29. The van der Waals surface area contributed by atoms with E-state index < -0.39 is 0 Å². The van der Waals surface area contributed by atoms with Gasteiger partial charge in [0, 0.05) is 49.5 Å². The molecule has 8 heteroatoms. The maximum absolute atomic E-state index is 6.01. The molecule has 1 aliphatic rings. The zero-order valence-electron chi connectivity index (χ0n) is 16.6. The van der Waals surface area contributed by atoms with Gasteiger partial charge in [-0.05, 0) is 60.7 Å². The van der Waals surface area contributed by atoms with Gasteiger partial charge in [0.25, 0.3) is 0 Å². The third-order valence-corrected chi connectivity index (χ3v) is 6.02. The van der Waals surface area contributed by atoms with E-state index in [4.69, 9.17) is 33.7 Å². The van der Waals surface area contributed by atoms with E-state index in [-0.39, 0.29) is 0 Å². The van der Waals surface area contributed by atoms with E-state index in [1.807, 2.05) is 52.7 Å². The summed E-state index contributed by atoms with van der Waals surface area (Å²) >= 11 is 11.6. The molecule has 2 heterocycles. The minimum atomic E-state index is 0.691. The van der Waals surface area contributed by atoms with E-state index in [0.29, 0.717) is 16.5 Å². The standard InChI is InChI=1S/C21H24ClN5OS/c1-24-20(16-3-5-17(22)6-4-16)23-27(21(24)29)15-25-11-13-26(14-12-25)18-7-9-19(28-2)10-8-18/h3-10H,11-15H2,1-2H3. The van der Waals surface area contributed by atoms with Crippen molar-refractivity contribution in [2.24, 2.45) is 7.05 Å². The number of hydrogen-bond acceptors (Lipinski definition) is 5. The van der Waals surface area contributed by atoms with E-state index in [9.17, 15) is 0 Å². The van der Waals surface area contributed by atoms with Crippen molar-refractivity contribution in [3.8, 4) is 17.1 Å². The zero-order chi connectivity index (χ0) is 20.4. The molecular weight excluding hydrogens is 406 g/mol. The van der Waals surface area contributed by atoms with Crippen LogP contribution >= 0.6 is 23.8 Å². The molecule has 3 aromatic rings. The van der Waals surface area contributed by atoms with E-state index >= 15 is 0 Å². The highest BCUT2D eigenvalue weighted by Crippen LogP contribution is 2.22. The van der Waals surface area contributed by atoms with E-state index in [1.54, 1.807) is 7.11 Å². The maximum Gasteiger partial charge on any atom is 0.199 e. The lowest BCUT2D eigenvalue weighted by molar-refractivity contribution is 0.194. The van der Waals surface area contributed by atoms with E-state index in [0.717, 1.165) is 43.3 Å². The molecule has 4 rings (SSSR count). The summed E-state index contributed by atoms with van der Waals surface area (Å²) in [6.45, 7) is 4.55. The minimum Gasteiger partial charge on any atom is -0.497 e. The highest BCUT2D eigenvalue weighted by Gasteiger charge is 2.19. The fourth-order valence-corrected chi connectivity index (χ4v) is 3.87. The Hall–Kier alpha value is -2.35. The van der Waals surface area contributed by atoms with Crippen LogP contribution in [0, 0.1) is 4.77 Å². The number of nitrogens with zero attached hydrogens (tertiary/aromatic N) is 5.